The van der Waals surface area contributed by atoms with E-state index in [1.807, 2.05) is 24.3 Å². The minimum Gasteiger partial charge on any atom is -0.481 e. The first kappa shape index (κ1) is 14.9. The summed E-state index contributed by atoms with van der Waals surface area (Å²) in [5.41, 5.74) is 1.85. The van der Waals surface area contributed by atoms with Crippen LogP contribution in [-0.4, -0.2) is 35.1 Å². The molecule has 1 saturated heterocycles. The van der Waals surface area contributed by atoms with Crippen molar-refractivity contribution < 1.29 is 14.7 Å². The number of benzene rings is 1. The molecule has 0 bridgehead atoms. The van der Waals surface area contributed by atoms with E-state index >= 15 is 0 Å². The van der Waals surface area contributed by atoms with Crippen molar-refractivity contribution in [1.82, 2.24) is 10.2 Å². The molecule has 1 heterocycles. The maximum absolute atomic E-state index is 11.8. The van der Waals surface area contributed by atoms with Gasteiger partial charge in [0.05, 0.1) is 12.0 Å². The average molecular weight is 287 g/mol. The Morgan fingerprint density at radius 1 is 1.33 bits per heavy atom. The van der Waals surface area contributed by atoms with E-state index in [0.717, 1.165) is 11.1 Å². The van der Waals surface area contributed by atoms with E-state index in [2.05, 4.69) is 11.4 Å². The van der Waals surface area contributed by atoms with Crippen molar-refractivity contribution in [2.75, 3.05) is 13.1 Å². The molecular formula is C15H17N3O3. The number of aryl methyl sites for hydroxylation is 1. The van der Waals surface area contributed by atoms with Gasteiger partial charge in [0.25, 0.3) is 0 Å². The van der Waals surface area contributed by atoms with Gasteiger partial charge in [-0.05, 0) is 17.5 Å². The van der Waals surface area contributed by atoms with Gasteiger partial charge in [-0.1, -0.05) is 24.3 Å². The van der Waals surface area contributed by atoms with Crippen molar-refractivity contribution in [2.45, 2.75) is 19.4 Å². The number of carboxylic acids is 1. The Morgan fingerprint density at radius 2 is 2.00 bits per heavy atom. The Morgan fingerprint density at radius 3 is 2.62 bits per heavy atom. The van der Waals surface area contributed by atoms with Crippen molar-refractivity contribution in [3.63, 3.8) is 0 Å². The standard InChI is InChI=1S/C15H17N3O3/c16-7-11-9-18(10-11)15(21)17-8-13-4-2-1-3-12(13)5-6-14(19)20/h1-4,11H,5-6,8-10H2,(H,17,21)(H,19,20). The molecular weight excluding hydrogens is 270 g/mol. The van der Waals surface area contributed by atoms with Crippen LogP contribution in [0.3, 0.4) is 0 Å². The quantitative estimate of drug-likeness (QED) is 0.855. The molecule has 1 fully saturated rings. The topological polar surface area (TPSA) is 93.4 Å². The molecule has 0 aliphatic carbocycles. The lowest BCUT2D eigenvalue weighted by Gasteiger charge is -2.35. The maximum atomic E-state index is 11.8. The Balaban J connectivity index is 1.87. The Bertz CT molecular complexity index is 574. The number of hydrogen-bond acceptors (Lipinski definition) is 3. The van der Waals surface area contributed by atoms with Crippen LogP contribution < -0.4 is 5.32 Å². The van der Waals surface area contributed by atoms with Crippen molar-refractivity contribution in [2.24, 2.45) is 5.92 Å². The molecule has 2 amide bonds. The molecule has 2 rings (SSSR count). The summed E-state index contributed by atoms with van der Waals surface area (Å²) >= 11 is 0. The lowest BCUT2D eigenvalue weighted by Crippen LogP contribution is -2.53. The second-order valence-electron chi connectivity index (χ2n) is 5.05. The van der Waals surface area contributed by atoms with Gasteiger partial charge in [-0.15, -0.1) is 0 Å². The number of amides is 2. The highest BCUT2D eigenvalue weighted by Crippen LogP contribution is 2.15. The predicted molar refractivity (Wildman–Crippen MR) is 75.3 cm³/mol. The van der Waals surface area contributed by atoms with E-state index in [-0.39, 0.29) is 18.4 Å². The smallest absolute Gasteiger partial charge is 0.317 e. The number of urea groups is 1. The van der Waals surface area contributed by atoms with Crippen LogP contribution in [0, 0.1) is 17.2 Å². The molecule has 1 aliphatic heterocycles. The Labute approximate surface area is 123 Å². The molecule has 6 heteroatoms. The van der Waals surface area contributed by atoms with Gasteiger partial charge in [-0.2, -0.15) is 5.26 Å². The Kier molecular flexibility index (Phi) is 4.77. The molecule has 0 atom stereocenters. The normalized spacial score (nSPS) is 14.1. The molecule has 2 N–H and O–H groups in total. The van der Waals surface area contributed by atoms with Crippen LogP contribution in [0.2, 0.25) is 0 Å². The van der Waals surface area contributed by atoms with E-state index in [1.54, 1.807) is 4.90 Å². The van der Waals surface area contributed by atoms with Crippen molar-refractivity contribution in [3.05, 3.63) is 35.4 Å². The highest BCUT2D eigenvalue weighted by molar-refractivity contribution is 5.75. The fourth-order valence-corrected chi connectivity index (χ4v) is 2.22. The van der Waals surface area contributed by atoms with Gasteiger partial charge in [-0.25, -0.2) is 4.79 Å². The molecule has 0 unspecified atom stereocenters. The first-order chi connectivity index (χ1) is 10.1. The lowest BCUT2D eigenvalue weighted by atomic mass is 10.0. The lowest BCUT2D eigenvalue weighted by molar-refractivity contribution is -0.136. The number of aliphatic carboxylic acids is 1. The number of nitrogens with one attached hydrogen (secondary N) is 1. The zero-order valence-corrected chi connectivity index (χ0v) is 11.6. The number of carbonyl (C=O) groups excluding carboxylic acids is 1. The summed E-state index contributed by atoms with van der Waals surface area (Å²) in [4.78, 5) is 24.1. The zero-order valence-electron chi connectivity index (χ0n) is 11.6. The summed E-state index contributed by atoms with van der Waals surface area (Å²) in [6.07, 6.45) is 0.516. The van der Waals surface area contributed by atoms with E-state index in [1.165, 1.54) is 0 Å². The first-order valence-corrected chi connectivity index (χ1v) is 6.81. The molecule has 0 spiro atoms. The number of nitrogens with zero attached hydrogens (tertiary/aromatic N) is 2. The van der Waals surface area contributed by atoms with Crippen LogP contribution in [0.1, 0.15) is 17.5 Å². The third-order valence-corrected chi connectivity index (χ3v) is 3.51. The SMILES string of the molecule is N#CC1CN(C(=O)NCc2ccccc2CCC(=O)O)C1. The van der Waals surface area contributed by atoms with Gasteiger partial charge in [0.2, 0.25) is 0 Å². The van der Waals surface area contributed by atoms with Crippen LogP contribution >= 0.6 is 0 Å². The van der Waals surface area contributed by atoms with Gasteiger partial charge < -0.3 is 15.3 Å². The van der Waals surface area contributed by atoms with Gasteiger partial charge in [0.15, 0.2) is 0 Å². The molecule has 1 aliphatic rings. The molecule has 0 saturated carbocycles. The number of carbonyl (C=O) groups is 2. The maximum Gasteiger partial charge on any atom is 0.317 e. The van der Waals surface area contributed by atoms with Gasteiger partial charge in [0, 0.05) is 26.1 Å². The summed E-state index contributed by atoms with van der Waals surface area (Å²) in [6.45, 7) is 1.31. The minimum absolute atomic E-state index is 0.0568. The van der Waals surface area contributed by atoms with Crippen LogP contribution in [-0.2, 0) is 17.8 Å². The molecule has 0 radical (unpaired) electrons. The third-order valence-electron chi connectivity index (χ3n) is 3.51. The first-order valence-electron chi connectivity index (χ1n) is 6.81. The monoisotopic (exact) mass is 287 g/mol. The van der Waals surface area contributed by atoms with Crippen molar-refractivity contribution in [3.8, 4) is 6.07 Å². The number of carboxylic acid groups (broad SMARTS) is 1. The highest BCUT2D eigenvalue weighted by Gasteiger charge is 2.30. The van der Waals surface area contributed by atoms with E-state index in [4.69, 9.17) is 10.4 Å². The van der Waals surface area contributed by atoms with E-state index in [9.17, 15) is 9.59 Å². The van der Waals surface area contributed by atoms with Gasteiger partial charge >= 0.3 is 12.0 Å². The number of likely N-dealkylation sites (tertiary alicyclic amines) is 1. The fraction of sp³-hybridized carbons (Fsp3) is 0.400. The summed E-state index contributed by atoms with van der Waals surface area (Å²) < 4.78 is 0. The largest absolute Gasteiger partial charge is 0.481 e. The van der Waals surface area contributed by atoms with Gasteiger partial charge in [-0.3, -0.25) is 4.79 Å². The molecule has 21 heavy (non-hydrogen) atoms. The van der Waals surface area contributed by atoms with Crippen LogP contribution in [0.5, 0.6) is 0 Å². The fourth-order valence-electron chi connectivity index (χ4n) is 2.22. The zero-order chi connectivity index (χ0) is 15.2. The Hall–Kier alpha value is -2.55. The average Bonchev–Trinajstić information content (AvgIpc) is 2.42. The van der Waals surface area contributed by atoms with E-state index in [0.29, 0.717) is 26.1 Å². The molecule has 6 nitrogen and oxygen atoms in total. The molecule has 0 aromatic heterocycles. The number of rotatable bonds is 5. The van der Waals surface area contributed by atoms with Gasteiger partial charge in [0.1, 0.15) is 0 Å². The molecule has 1 aromatic carbocycles. The van der Waals surface area contributed by atoms with E-state index < -0.39 is 5.97 Å². The number of hydrogen-bond donors (Lipinski definition) is 2. The summed E-state index contributed by atoms with van der Waals surface area (Å²) in [6, 6.07) is 9.41. The highest BCUT2D eigenvalue weighted by atomic mass is 16.4. The van der Waals surface area contributed by atoms with Crippen molar-refractivity contribution in [1.29, 1.82) is 5.26 Å². The number of nitriles is 1. The van der Waals surface area contributed by atoms with Crippen molar-refractivity contribution >= 4 is 12.0 Å². The summed E-state index contributed by atoms with van der Waals surface area (Å²) in [5.74, 6) is -0.893. The minimum atomic E-state index is -0.836. The molecule has 110 valence electrons. The summed E-state index contributed by atoms with van der Waals surface area (Å²) in [5, 5.41) is 20.2. The summed E-state index contributed by atoms with van der Waals surface area (Å²) in [7, 11) is 0. The third kappa shape index (κ3) is 3.96. The van der Waals surface area contributed by atoms with Crippen LogP contribution in [0.15, 0.2) is 24.3 Å². The molecule has 1 aromatic rings. The van der Waals surface area contributed by atoms with Crippen LogP contribution in [0.25, 0.3) is 0 Å². The van der Waals surface area contributed by atoms with Crippen LogP contribution in [0.4, 0.5) is 4.79 Å². The second-order valence-corrected chi connectivity index (χ2v) is 5.05. The second kappa shape index (κ2) is 6.75. The predicted octanol–water partition coefficient (Wildman–Crippen LogP) is 1.37.